The van der Waals surface area contributed by atoms with E-state index in [9.17, 15) is 14.4 Å². The maximum Gasteiger partial charge on any atom is 0.246 e. The Bertz CT molecular complexity index is 489. The molecule has 6 N–H and O–H groups in total. The summed E-state index contributed by atoms with van der Waals surface area (Å²) in [5.41, 5.74) is 4.44. The van der Waals surface area contributed by atoms with Gasteiger partial charge in [0, 0.05) is 19.5 Å². The molecule has 0 spiro atoms. The number of amides is 3. The van der Waals surface area contributed by atoms with E-state index < -0.39 is 11.6 Å². The molecule has 0 heterocycles. The largest absolute Gasteiger partial charge is 0.386 e. The van der Waals surface area contributed by atoms with E-state index in [0.29, 0.717) is 51.0 Å². The molecular weight excluding hydrogens is 334 g/mol. The molecule has 0 saturated heterocycles. The van der Waals surface area contributed by atoms with Crippen molar-refractivity contribution in [2.75, 3.05) is 13.1 Å². The molecule has 8 nitrogen and oxygen atoms in total. The zero-order valence-electron chi connectivity index (χ0n) is 16.5. The predicted molar refractivity (Wildman–Crippen MR) is 103 cm³/mol. The van der Waals surface area contributed by atoms with Crippen LogP contribution in [0.15, 0.2) is 12.4 Å². The SMILES string of the molecule is C=C(N)NCCC[C@H](NC(=O)C(CC)(CC)NC(=O)CC)C(=O)NCC. The summed E-state index contributed by atoms with van der Waals surface area (Å²) in [5, 5.41) is 11.3. The molecule has 0 aliphatic rings. The van der Waals surface area contributed by atoms with E-state index in [0.717, 1.165) is 0 Å². The highest BCUT2D eigenvalue weighted by Crippen LogP contribution is 2.17. The number of carbonyl (C=O) groups is 3. The first kappa shape index (κ1) is 23.8. The van der Waals surface area contributed by atoms with Gasteiger partial charge in [0.1, 0.15) is 11.6 Å². The Labute approximate surface area is 156 Å². The molecule has 0 rings (SSSR count). The summed E-state index contributed by atoms with van der Waals surface area (Å²) in [6.45, 7) is 11.8. The lowest BCUT2D eigenvalue weighted by Gasteiger charge is -2.33. The Morgan fingerprint density at radius 3 is 2.15 bits per heavy atom. The van der Waals surface area contributed by atoms with Crippen LogP contribution in [0.1, 0.15) is 59.8 Å². The second-order valence-electron chi connectivity index (χ2n) is 6.21. The summed E-state index contributed by atoms with van der Waals surface area (Å²) >= 11 is 0. The van der Waals surface area contributed by atoms with Gasteiger partial charge in [0.05, 0.1) is 5.82 Å². The van der Waals surface area contributed by atoms with Gasteiger partial charge in [-0.2, -0.15) is 0 Å². The van der Waals surface area contributed by atoms with E-state index in [1.807, 2.05) is 20.8 Å². The van der Waals surface area contributed by atoms with Crippen molar-refractivity contribution < 1.29 is 14.4 Å². The van der Waals surface area contributed by atoms with Crippen molar-refractivity contribution in [1.82, 2.24) is 21.3 Å². The van der Waals surface area contributed by atoms with Crippen molar-refractivity contribution in [1.29, 1.82) is 0 Å². The quantitative estimate of drug-likeness (QED) is 0.302. The molecule has 0 aromatic carbocycles. The van der Waals surface area contributed by atoms with Crippen LogP contribution in [-0.4, -0.2) is 42.4 Å². The molecular formula is C18H35N5O3. The first-order valence-electron chi connectivity index (χ1n) is 9.34. The van der Waals surface area contributed by atoms with Crippen molar-refractivity contribution in [2.45, 2.75) is 71.4 Å². The minimum Gasteiger partial charge on any atom is -0.386 e. The van der Waals surface area contributed by atoms with E-state index in [1.165, 1.54) is 0 Å². The lowest BCUT2D eigenvalue weighted by Crippen LogP contribution is -2.61. The summed E-state index contributed by atoms with van der Waals surface area (Å²) in [5.74, 6) is -0.405. The number of hydrogen-bond acceptors (Lipinski definition) is 5. The molecule has 0 aromatic rings. The van der Waals surface area contributed by atoms with Crippen LogP contribution >= 0.6 is 0 Å². The fourth-order valence-electron chi connectivity index (χ4n) is 2.58. The van der Waals surface area contributed by atoms with E-state index in [1.54, 1.807) is 6.92 Å². The van der Waals surface area contributed by atoms with Gasteiger partial charge >= 0.3 is 0 Å². The minimum absolute atomic E-state index is 0.191. The molecule has 8 heteroatoms. The fourth-order valence-corrected chi connectivity index (χ4v) is 2.58. The molecule has 3 amide bonds. The van der Waals surface area contributed by atoms with Gasteiger partial charge in [0.25, 0.3) is 0 Å². The topological polar surface area (TPSA) is 125 Å². The summed E-state index contributed by atoms with van der Waals surface area (Å²) in [4.78, 5) is 37.0. The summed E-state index contributed by atoms with van der Waals surface area (Å²) in [6.07, 6.45) is 2.26. The fraction of sp³-hybridized carbons (Fsp3) is 0.722. The Kier molecular flexibility index (Phi) is 11.1. The minimum atomic E-state index is -1.01. The van der Waals surface area contributed by atoms with Crippen molar-refractivity contribution in [3.05, 3.63) is 12.4 Å². The second-order valence-corrected chi connectivity index (χ2v) is 6.21. The van der Waals surface area contributed by atoms with Gasteiger partial charge in [-0.25, -0.2) is 0 Å². The normalized spacial score (nSPS) is 12.0. The van der Waals surface area contributed by atoms with Crippen LogP contribution in [0.4, 0.5) is 0 Å². The Balaban J connectivity index is 5.11. The van der Waals surface area contributed by atoms with Gasteiger partial charge < -0.3 is 27.0 Å². The molecule has 0 fully saturated rings. The molecule has 0 unspecified atom stereocenters. The smallest absolute Gasteiger partial charge is 0.246 e. The average molecular weight is 370 g/mol. The zero-order chi connectivity index (χ0) is 20.2. The number of rotatable bonds is 13. The molecule has 0 bridgehead atoms. The Morgan fingerprint density at radius 1 is 1.08 bits per heavy atom. The molecule has 0 saturated carbocycles. The van der Waals surface area contributed by atoms with Crippen LogP contribution in [0.2, 0.25) is 0 Å². The van der Waals surface area contributed by atoms with Gasteiger partial charge in [0.2, 0.25) is 17.7 Å². The van der Waals surface area contributed by atoms with Gasteiger partial charge in [-0.3, -0.25) is 14.4 Å². The van der Waals surface area contributed by atoms with Crippen LogP contribution < -0.4 is 27.0 Å². The van der Waals surface area contributed by atoms with Crippen molar-refractivity contribution in [3.63, 3.8) is 0 Å². The highest BCUT2D eigenvalue weighted by molar-refractivity contribution is 5.94. The third kappa shape index (κ3) is 7.76. The summed E-state index contributed by atoms with van der Waals surface area (Å²) in [7, 11) is 0. The number of hydrogen-bond donors (Lipinski definition) is 5. The lowest BCUT2D eigenvalue weighted by atomic mass is 9.90. The first-order valence-corrected chi connectivity index (χ1v) is 9.34. The van der Waals surface area contributed by atoms with Crippen LogP contribution in [-0.2, 0) is 14.4 Å². The van der Waals surface area contributed by atoms with E-state index in [2.05, 4.69) is 27.8 Å². The molecule has 0 radical (unpaired) electrons. The van der Waals surface area contributed by atoms with Crippen molar-refractivity contribution in [2.24, 2.45) is 5.73 Å². The van der Waals surface area contributed by atoms with Gasteiger partial charge in [-0.15, -0.1) is 0 Å². The lowest BCUT2D eigenvalue weighted by molar-refractivity contribution is -0.136. The second kappa shape index (κ2) is 12.2. The van der Waals surface area contributed by atoms with E-state index >= 15 is 0 Å². The third-order valence-electron chi connectivity index (χ3n) is 4.34. The van der Waals surface area contributed by atoms with Crippen LogP contribution in [0, 0.1) is 0 Å². The molecule has 0 aliphatic heterocycles. The molecule has 1 atom stereocenters. The number of likely N-dealkylation sites (N-methyl/N-ethyl adjacent to an activating group) is 1. The average Bonchev–Trinajstić information content (AvgIpc) is 2.61. The van der Waals surface area contributed by atoms with Crippen molar-refractivity contribution in [3.8, 4) is 0 Å². The van der Waals surface area contributed by atoms with Crippen LogP contribution in [0.5, 0.6) is 0 Å². The molecule has 0 aliphatic carbocycles. The number of carbonyl (C=O) groups excluding carboxylic acids is 3. The molecule has 26 heavy (non-hydrogen) atoms. The van der Waals surface area contributed by atoms with Crippen molar-refractivity contribution >= 4 is 17.7 Å². The van der Waals surface area contributed by atoms with Gasteiger partial charge in [-0.1, -0.05) is 27.4 Å². The molecule has 0 aromatic heterocycles. The standard InChI is InChI=1S/C18H35N5O3/c1-6-15(24)23-18(7-2,8-3)17(26)22-14(16(25)20-9-4)11-10-12-21-13(5)19/h14,21H,5-12,19H2,1-4H3,(H,20,25)(H,22,26)(H,23,24)/t14-/m0/s1. The highest BCUT2D eigenvalue weighted by Gasteiger charge is 2.37. The van der Waals surface area contributed by atoms with E-state index in [4.69, 9.17) is 5.73 Å². The Hall–Kier alpha value is -2.25. The third-order valence-corrected chi connectivity index (χ3v) is 4.34. The maximum absolute atomic E-state index is 12.9. The van der Waals surface area contributed by atoms with Crippen LogP contribution in [0.3, 0.4) is 0 Å². The molecule has 150 valence electrons. The summed E-state index contributed by atoms with van der Waals surface area (Å²) in [6, 6.07) is -0.675. The number of nitrogens with two attached hydrogens (primary N) is 1. The zero-order valence-corrected chi connectivity index (χ0v) is 16.5. The number of nitrogens with one attached hydrogen (secondary N) is 4. The summed E-state index contributed by atoms with van der Waals surface area (Å²) < 4.78 is 0. The highest BCUT2D eigenvalue weighted by atomic mass is 16.2. The predicted octanol–water partition coefficient (Wildman–Crippen LogP) is 0.492. The van der Waals surface area contributed by atoms with Gasteiger partial charge in [-0.05, 0) is 32.6 Å². The Morgan fingerprint density at radius 2 is 1.69 bits per heavy atom. The van der Waals surface area contributed by atoms with Crippen LogP contribution in [0.25, 0.3) is 0 Å². The monoisotopic (exact) mass is 369 g/mol. The first-order chi connectivity index (χ1) is 12.3. The van der Waals surface area contributed by atoms with E-state index in [-0.39, 0.29) is 17.7 Å². The maximum atomic E-state index is 12.9. The van der Waals surface area contributed by atoms with Gasteiger partial charge in [0.15, 0.2) is 0 Å².